The molecule has 0 unspecified atom stereocenters. The molecular formula is C18H26N4O4. The number of urea groups is 1. The molecule has 1 aromatic rings. The monoisotopic (exact) mass is 362 g/mol. The maximum absolute atomic E-state index is 11.7. The third kappa shape index (κ3) is 5.19. The van der Waals surface area contributed by atoms with Gasteiger partial charge in [0.05, 0.1) is 12.7 Å². The van der Waals surface area contributed by atoms with Gasteiger partial charge in [0.2, 0.25) is 5.91 Å². The van der Waals surface area contributed by atoms with E-state index in [2.05, 4.69) is 27.4 Å². The number of rotatable bonds is 5. The Labute approximate surface area is 153 Å². The Morgan fingerprint density at radius 1 is 1.19 bits per heavy atom. The molecule has 2 N–H and O–H groups in total. The van der Waals surface area contributed by atoms with Gasteiger partial charge in [0.15, 0.2) is 0 Å². The van der Waals surface area contributed by atoms with E-state index in [0.717, 1.165) is 25.3 Å². The Morgan fingerprint density at radius 2 is 1.88 bits per heavy atom. The molecule has 3 amide bonds. The second kappa shape index (κ2) is 9.19. The Bertz CT molecular complexity index is 647. The lowest BCUT2D eigenvalue weighted by Gasteiger charge is -2.41. The van der Waals surface area contributed by atoms with Gasteiger partial charge >= 0.3 is 12.0 Å². The van der Waals surface area contributed by atoms with Crippen LogP contribution in [0.25, 0.3) is 0 Å². The molecule has 8 nitrogen and oxygen atoms in total. The van der Waals surface area contributed by atoms with Crippen molar-refractivity contribution in [1.29, 1.82) is 0 Å². The van der Waals surface area contributed by atoms with Gasteiger partial charge in [-0.2, -0.15) is 0 Å². The summed E-state index contributed by atoms with van der Waals surface area (Å²) in [7, 11) is 2.84. The van der Waals surface area contributed by atoms with Crippen molar-refractivity contribution in [2.75, 3.05) is 45.2 Å². The minimum atomic E-state index is -0.483. The first-order valence-electron chi connectivity index (χ1n) is 8.63. The second-order valence-electron chi connectivity index (χ2n) is 6.25. The van der Waals surface area contributed by atoms with Crippen LogP contribution in [0.3, 0.4) is 0 Å². The molecule has 1 aliphatic heterocycles. The third-order valence-corrected chi connectivity index (χ3v) is 4.52. The highest BCUT2D eigenvalue weighted by atomic mass is 16.5. The van der Waals surface area contributed by atoms with Gasteiger partial charge in [0, 0.05) is 51.4 Å². The van der Waals surface area contributed by atoms with Gasteiger partial charge in [-0.05, 0) is 31.2 Å². The second-order valence-corrected chi connectivity index (χ2v) is 6.25. The predicted molar refractivity (Wildman–Crippen MR) is 98.2 cm³/mol. The molecule has 0 aliphatic carbocycles. The summed E-state index contributed by atoms with van der Waals surface area (Å²) in [6.45, 7) is 5.21. The maximum atomic E-state index is 11.7. The zero-order chi connectivity index (χ0) is 19.1. The molecular weight excluding hydrogens is 336 g/mol. The first kappa shape index (κ1) is 19.7. The number of hydrogen-bond acceptors (Lipinski definition) is 6. The molecule has 1 saturated heterocycles. The van der Waals surface area contributed by atoms with E-state index in [1.54, 1.807) is 12.1 Å². The number of benzene rings is 1. The van der Waals surface area contributed by atoms with Gasteiger partial charge in [-0.15, -0.1) is 0 Å². The molecule has 26 heavy (non-hydrogen) atoms. The summed E-state index contributed by atoms with van der Waals surface area (Å²) < 4.78 is 4.71. The van der Waals surface area contributed by atoms with Crippen LogP contribution in [0.15, 0.2) is 24.3 Å². The molecule has 1 atom stereocenters. The van der Waals surface area contributed by atoms with Gasteiger partial charge in [0.1, 0.15) is 0 Å². The maximum Gasteiger partial charge on any atom is 0.337 e. The van der Waals surface area contributed by atoms with Crippen LogP contribution in [-0.4, -0.2) is 69.2 Å². The van der Waals surface area contributed by atoms with Crippen molar-refractivity contribution in [2.45, 2.75) is 19.4 Å². The van der Waals surface area contributed by atoms with Crippen LogP contribution in [0.4, 0.5) is 10.5 Å². The highest BCUT2D eigenvalue weighted by molar-refractivity contribution is 5.94. The number of hydrogen-bond donors (Lipinski definition) is 2. The molecule has 1 heterocycles. The predicted octanol–water partition coefficient (Wildman–Crippen LogP) is 0.829. The van der Waals surface area contributed by atoms with Gasteiger partial charge in [-0.3, -0.25) is 15.0 Å². The fraction of sp³-hybridized carbons (Fsp3) is 0.500. The largest absolute Gasteiger partial charge is 0.465 e. The van der Waals surface area contributed by atoms with Gasteiger partial charge in [0.25, 0.3) is 0 Å². The van der Waals surface area contributed by atoms with Crippen LogP contribution in [0, 0.1) is 0 Å². The van der Waals surface area contributed by atoms with Gasteiger partial charge in [-0.25, -0.2) is 9.59 Å². The molecule has 1 fully saturated rings. The number of carbonyl (C=O) groups is 3. The first-order chi connectivity index (χ1) is 12.4. The summed E-state index contributed by atoms with van der Waals surface area (Å²) in [5, 5.41) is 4.64. The number of amides is 3. The highest BCUT2D eigenvalue weighted by Gasteiger charge is 2.24. The summed E-state index contributed by atoms with van der Waals surface area (Å²) >= 11 is 0. The van der Waals surface area contributed by atoms with E-state index in [9.17, 15) is 14.4 Å². The fourth-order valence-electron chi connectivity index (χ4n) is 2.98. The van der Waals surface area contributed by atoms with Crippen LogP contribution < -0.4 is 15.5 Å². The Morgan fingerprint density at radius 3 is 2.46 bits per heavy atom. The van der Waals surface area contributed by atoms with E-state index < -0.39 is 6.03 Å². The van der Waals surface area contributed by atoms with Crippen LogP contribution >= 0.6 is 0 Å². The van der Waals surface area contributed by atoms with Crippen molar-refractivity contribution in [3.8, 4) is 0 Å². The topological polar surface area (TPSA) is 91.0 Å². The number of carbonyl (C=O) groups excluding carboxylic acids is 3. The molecule has 142 valence electrons. The molecule has 2 rings (SSSR count). The number of nitrogens with one attached hydrogen (secondary N) is 2. The van der Waals surface area contributed by atoms with Crippen LogP contribution in [0.2, 0.25) is 0 Å². The van der Waals surface area contributed by atoms with E-state index in [-0.39, 0.29) is 24.3 Å². The van der Waals surface area contributed by atoms with E-state index in [1.807, 2.05) is 12.1 Å². The average Bonchev–Trinajstić information content (AvgIpc) is 2.66. The Balaban J connectivity index is 1.85. The van der Waals surface area contributed by atoms with Crippen molar-refractivity contribution in [2.24, 2.45) is 0 Å². The lowest BCUT2D eigenvalue weighted by atomic mass is 10.1. The third-order valence-electron chi connectivity index (χ3n) is 4.52. The average molecular weight is 362 g/mol. The number of esters is 1. The summed E-state index contributed by atoms with van der Waals surface area (Å²) in [5.74, 6) is -0.623. The van der Waals surface area contributed by atoms with Crippen molar-refractivity contribution in [3.05, 3.63) is 29.8 Å². The standard InChI is InChI=1S/C18H26N4O4/c1-13-12-22(15-6-4-14(5-7-15)17(24)26-3)11-10-21(13)9-8-16(23)20-18(25)19-2/h4-7,13H,8-12H2,1-3H3,(H2,19,20,23,25)/t13-/m0/s1. The van der Waals surface area contributed by atoms with Crippen LogP contribution in [-0.2, 0) is 9.53 Å². The highest BCUT2D eigenvalue weighted by Crippen LogP contribution is 2.20. The summed E-state index contributed by atoms with van der Waals surface area (Å²) in [6, 6.07) is 7.17. The smallest absolute Gasteiger partial charge is 0.337 e. The van der Waals surface area contributed by atoms with E-state index in [4.69, 9.17) is 4.74 Å². The first-order valence-corrected chi connectivity index (χ1v) is 8.63. The molecule has 8 heteroatoms. The molecule has 0 spiro atoms. The fourth-order valence-corrected chi connectivity index (χ4v) is 2.98. The molecule has 1 aliphatic rings. The Hall–Kier alpha value is -2.61. The molecule has 0 radical (unpaired) electrons. The minimum Gasteiger partial charge on any atom is -0.465 e. The zero-order valence-corrected chi connectivity index (χ0v) is 15.4. The number of piperazine rings is 1. The number of methoxy groups -OCH3 is 1. The van der Waals surface area contributed by atoms with Crippen LogP contribution in [0.1, 0.15) is 23.7 Å². The number of anilines is 1. The summed E-state index contributed by atoms with van der Waals surface area (Å²) in [6.07, 6.45) is 0.283. The lowest BCUT2D eigenvalue weighted by Crippen LogP contribution is -2.52. The molecule has 0 saturated carbocycles. The van der Waals surface area contributed by atoms with Crippen molar-refractivity contribution >= 4 is 23.6 Å². The normalized spacial score (nSPS) is 17.5. The zero-order valence-electron chi connectivity index (χ0n) is 15.4. The van der Waals surface area contributed by atoms with Crippen LogP contribution in [0.5, 0.6) is 0 Å². The SMILES string of the molecule is CNC(=O)NC(=O)CCN1CCN(c2ccc(C(=O)OC)cc2)C[C@@H]1C. The quantitative estimate of drug-likeness (QED) is 0.754. The number of nitrogens with zero attached hydrogens (tertiary/aromatic N) is 2. The molecule has 0 aromatic heterocycles. The summed E-state index contributed by atoms with van der Waals surface area (Å²) in [4.78, 5) is 38.8. The molecule has 0 bridgehead atoms. The van der Waals surface area contributed by atoms with Gasteiger partial charge < -0.3 is 15.0 Å². The minimum absolute atomic E-state index is 0.275. The van der Waals surface area contributed by atoms with E-state index >= 15 is 0 Å². The lowest BCUT2D eigenvalue weighted by molar-refractivity contribution is -0.120. The van der Waals surface area contributed by atoms with E-state index in [0.29, 0.717) is 12.1 Å². The number of imide groups is 1. The Kier molecular flexibility index (Phi) is 6.97. The van der Waals surface area contributed by atoms with Gasteiger partial charge in [-0.1, -0.05) is 0 Å². The number of ether oxygens (including phenoxy) is 1. The molecule has 1 aromatic carbocycles. The summed E-state index contributed by atoms with van der Waals surface area (Å²) in [5.41, 5.74) is 1.59. The van der Waals surface area contributed by atoms with Crippen molar-refractivity contribution in [3.63, 3.8) is 0 Å². The van der Waals surface area contributed by atoms with Crippen molar-refractivity contribution < 1.29 is 19.1 Å². The van der Waals surface area contributed by atoms with E-state index in [1.165, 1.54) is 14.2 Å². The van der Waals surface area contributed by atoms with Crippen molar-refractivity contribution in [1.82, 2.24) is 15.5 Å².